The molecule has 0 radical (unpaired) electrons. The van der Waals surface area contributed by atoms with Crippen molar-refractivity contribution in [2.45, 2.75) is 52.4 Å². The van der Waals surface area contributed by atoms with Gasteiger partial charge in [0.15, 0.2) is 0 Å². The van der Waals surface area contributed by atoms with Crippen molar-refractivity contribution in [3.8, 4) is 0 Å². The second kappa shape index (κ2) is 6.63. The summed E-state index contributed by atoms with van der Waals surface area (Å²) in [5.74, 6) is 0.435. The van der Waals surface area contributed by atoms with Crippen LogP contribution in [0.25, 0.3) is 16.3 Å². The van der Waals surface area contributed by atoms with E-state index in [1.807, 2.05) is 0 Å². The average molecular weight is 329 g/mol. The van der Waals surface area contributed by atoms with E-state index in [4.69, 9.17) is 5.41 Å². The summed E-state index contributed by atoms with van der Waals surface area (Å²) in [5, 5.41) is 11.5. The molecule has 0 saturated heterocycles. The minimum atomic E-state index is 0.435. The molecule has 0 aliphatic heterocycles. The minimum absolute atomic E-state index is 0.435. The lowest BCUT2D eigenvalue weighted by Gasteiger charge is -2.25. The molecule has 1 heteroatoms. The predicted molar refractivity (Wildman–Crippen MR) is 108 cm³/mol. The fourth-order valence-corrected chi connectivity index (χ4v) is 4.56. The Morgan fingerprint density at radius 1 is 0.960 bits per heavy atom. The summed E-state index contributed by atoms with van der Waals surface area (Å²) in [7, 11) is 0. The highest BCUT2D eigenvalue weighted by Gasteiger charge is 2.24. The van der Waals surface area contributed by atoms with Gasteiger partial charge in [-0.25, -0.2) is 0 Å². The van der Waals surface area contributed by atoms with E-state index < -0.39 is 0 Å². The molecular formula is C24H27N. The topological polar surface area (TPSA) is 23.9 Å². The van der Waals surface area contributed by atoms with Gasteiger partial charge in [0.05, 0.1) is 0 Å². The van der Waals surface area contributed by atoms with Crippen LogP contribution in [0, 0.1) is 11.3 Å². The standard InChI is InChI=1S/C24H27N/c1-16-12-17(2)21(13-16)22-14-19-10-6-7-11-20(19)15-23(22)24(25)18-8-4-3-5-9-18/h6-7,10-12,14-15,18,25H,3-5,8-9,13H2,1-2H3. The summed E-state index contributed by atoms with van der Waals surface area (Å²) in [4.78, 5) is 0. The molecule has 0 spiro atoms. The minimum Gasteiger partial charge on any atom is -0.304 e. The maximum absolute atomic E-state index is 8.98. The SMILES string of the molecule is CC1=CC(C)=C(c2cc3ccccc3cc2C(=N)C2CCCCC2)C1. The number of benzene rings is 2. The van der Waals surface area contributed by atoms with Crippen molar-refractivity contribution in [1.29, 1.82) is 5.41 Å². The zero-order chi connectivity index (χ0) is 17.4. The normalized spacial score (nSPS) is 18.7. The fourth-order valence-electron chi connectivity index (χ4n) is 4.56. The maximum atomic E-state index is 8.98. The number of nitrogens with one attached hydrogen (secondary N) is 1. The van der Waals surface area contributed by atoms with E-state index >= 15 is 0 Å². The van der Waals surface area contributed by atoms with E-state index in [0.29, 0.717) is 5.92 Å². The summed E-state index contributed by atoms with van der Waals surface area (Å²) in [6, 6.07) is 13.2. The number of fused-ring (bicyclic) bond motifs is 1. The third-order valence-electron chi connectivity index (χ3n) is 5.91. The lowest BCUT2D eigenvalue weighted by atomic mass is 9.80. The fraction of sp³-hybridized carbons (Fsp3) is 0.375. The summed E-state index contributed by atoms with van der Waals surface area (Å²) in [6.07, 6.45) is 9.58. The Hall–Kier alpha value is -2.15. The number of allylic oxidation sites excluding steroid dienone is 4. The van der Waals surface area contributed by atoms with Gasteiger partial charge in [0.2, 0.25) is 0 Å². The van der Waals surface area contributed by atoms with Gasteiger partial charge in [0.25, 0.3) is 0 Å². The Morgan fingerprint density at radius 2 is 1.64 bits per heavy atom. The molecule has 0 bridgehead atoms. The van der Waals surface area contributed by atoms with Crippen LogP contribution < -0.4 is 0 Å². The van der Waals surface area contributed by atoms with Gasteiger partial charge < -0.3 is 5.41 Å². The van der Waals surface area contributed by atoms with Crippen LogP contribution in [0.15, 0.2) is 53.6 Å². The van der Waals surface area contributed by atoms with Crippen LogP contribution >= 0.6 is 0 Å². The van der Waals surface area contributed by atoms with Crippen molar-refractivity contribution in [1.82, 2.24) is 0 Å². The average Bonchev–Trinajstić information content (AvgIpc) is 2.98. The van der Waals surface area contributed by atoms with Crippen LogP contribution in [-0.4, -0.2) is 5.71 Å². The zero-order valence-corrected chi connectivity index (χ0v) is 15.4. The van der Waals surface area contributed by atoms with Crippen LogP contribution in [0.1, 0.15) is 63.5 Å². The second-order valence-corrected chi connectivity index (χ2v) is 7.82. The molecule has 1 fully saturated rings. The van der Waals surface area contributed by atoms with E-state index in [1.54, 1.807) is 0 Å². The first-order valence-corrected chi connectivity index (χ1v) is 9.62. The van der Waals surface area contributed by atoms with Crippen molar-refractivity contribution in [3.63, 3.8) is 0 Å². The molecule has 0 aromatic heterocycles. The van der Waals surface area contributed by atoms with Crippen LogP contribution in [0.2, 0.25) is 0 Å². The molecule has 2 aliphatic carbocycles. The molecule has 25 heavy (non-hydrogen) atoms. The molecule has 0 amide bonds. The first kappa shape index (κ1) is 16.3. The Bertz CT molecular complexity index is 891. The van der Waals surface area contributed by atoms with Gasteiger partial charge in [0.1, 0.15) is 0 Å². The molecule has 0 heterocycles. The highest BCUT2D eigenvalue weighted by atomic mass is 14.5. The molecular weight excluding hydrogens is 302 g/mol. The molecule has 1 nitrogen and oxygen atoms in total. The van der Waals surface area contributed by atoms with Gasteiger partial charge in [-0.2, -0.15) is 0 Å². The third kappa shape index (κ3) is 3.08. The van der Waals surface area contributed by atoms with Crippen LogP contribution in [-0.2, 0) is 0 Å². The quantitative estimate of drug-likeness (QED) is 0.591. The van der Waals surface area contributed by atoms with Crippen molar-refractivity contribution < 1.29 is 0 Å². The maximum Gasteiger partial charge on any atom is 0.0423 e. The first-order chi connectivity index (χ1) is 12.1. The Labute approximate surface area is 151 Å². The summed E-state index contributed by atoms with van der Waals surface area (Å²) in [5.41, 5.74) is 7.54. The largest absolute Gasteiger partial charge is 0.304 e. The third-order valence-corrected chi connectivity index (χ3v) is 5.91. The van der Waals surface area contributed by atoms with Crippen LogP contribution in [0.5, 0.6) is 0 Å². The van der Waals surface area contributed by atoms with Gasteiger partial charge in [-0.1, -0.05) is 55.2 Å². The first-order valence-electron chi connectivity index (χ1n) is 9.62. The van der Waals surface area contributed by atoms with E-state index in [-0.39, 0.29) is 0 Å². The van der Waals surface area contributed by atoms with Gasteiger partial charge >= 0.3 is 0 Å². The Balaban J connectivity index is 1.85. The van der Waals surface area contributed by atoms with E-state index in [2.05, 4.69) is 56.3 Å². The second-order valence-electron chi connectivity index (χ2n) is 7.82. The smallest absolute Gasteiger partial charge is 0.0423 e. The van der Waals surface area contributed by atoms with E-state index in [1.165, 1.54) is 70.7 Å². The lowest BCUT2D eigenvalue weighted by molar-refractivity contribution is 0.438. The van der Waals surface area contributed by atoms with Gasteiger partial charge in [-0.05, 0) is 72.7 Å². The number of rotatable bonds is 3. The summed E-state index contributed by atoms with van der Waals surface area (Å²) >= 11 is 0. The van der Waals surface area contributed by atoms with Crippen molar-refractivity contribution in [2.75, 3.05) is 0 Å². The molecule has 0 unspecified atom stereocenters. The van der Waals surface area contributed by atoms with Gasteiger partial charge in [-0.15, -0.1) is 0 Å². The number of hydrogen-bond acceptors (Lipinski definition) is 1. The van der Waals surface area contributed by atoms with E-state index in [0.717, 1.165) is 12.1 Å². The molecule has 1 saturated carbocycles. The summed E-state index contributed by atoms with van der Waals surface area (Å²) < 4.78 is 0. The Kier molecular flexibility index (Phi) is 4.33. The zero-order valence-electron chi connectivity index (χ0n) is 15.4. The monoisotopic (exact) mass is 329 g/mol. The molecule has 2 aromatic rings. The molecule has 2 aromatic carbocycles. The van der Waals surface area contributed by atoms with E-state index in [9.17, 15) is 0 Å². The molecule has 0 atom stereocenters. The van der Waals surface area contributed by atoms with Crippen molar-refractivity contribution in [3.05, 3.63) is 64.7 Å². The van der Waals surface area contributed by atoms with Gasteiger partial charge in [0, 0.05) is 17.2 Å². The molecule has 1 N–H and O–H groups in total. The molecule has 4 rings (SSSR count). The summed E-state index contributed by atoms with van der Waals surface area (Å²) in [6.45, 7) is 4.43. The molecule has 128 valence electrons. The number of hydrogen-bond donors (Lipinski definition) is 1. The van der Waals surface area contributed by atoms with Crippen LogP contribution in [0.3, 0.4) is 0 Å². The predicted octanol–water partition coefficient (Wildman–Crippen LogP) is 6.91. The van der Waals surface area contributed by atoms with Gasteiger partial charge in [-0.3, -0.25) is 0 Å². The van der Waals surface area contributed by atoms with Crippen molar-refractivity contribution in [2.24, 2.45) is 5.92 Å². The molecule has 2 aliphatic rings. The Morgan fingerprint density at radius 3 is 2.28 bits per heavy atom. The van der Waals surface area contributed by atoms with Crippen LogP contribution in [0.4, 0.5) is 0 Å². The lowest BCUT2D eigenvalue weighted by Crippen LogP contribution is -2.19. The van der Waals surface area contributed by atoms with Crippen molar-refractivity contribution >= 4 is 22.1 Å². The highest BCUT2D eigenvalue weighted by Crippen LogP contribution is 2.38. The highest BCUT2D eigenvalue weighted by molar-refractivity contribution is 6.08.